The number of carboxylic acids is 1. The number of carbonyl (C=O) groups excluding carboxylic acids is 6. The lowest BCUT2D eigenvalue weighted by atomic mass is 9.98. The average molecular weight is 693 g/mol. The smallest absolute Gasteiger partial charge is 0.407 e. The van der Waals surface area contributed by atoms with Gasteiger partial charge in [-0.1, -0.05) is 68.8 Å². The summed E-state index contributed by atoms with van der Waals surface area (Å²) in [6.07, 6.45) is 0.0679. The zero-order chi connectivity index (χ0) is 36.4. The maximum Gasteiger partial charge on any atom is 0.407 e. The predicted molar refractivity (Wildman–Crippen MR) is 180 cm³/mol. The third-order valence-electron chi connectivity index (χ3n) is 9.13. The molecule has 0 radical (unpaired) electrons. The summed E-state index contributed by atoms with van der Waals surface area (Å²) in [5, 5.41) is 19.2. The minimum Gasteiger partial charge on any atom is -0.480 e. The number of fused-ring (bicyclic) bond motifs is 3. The molecule has 7 N–H and O–H groups in total. The maximum absolute atomic E-state index is 13.3. The molecule has 15 heteroatoms. The second-order valence-corrected chi connectivity index (χ2v) is 12.5. The molecule has 268 valence electrons. The first-order valence-electron chi connectivity index (χ1n) is 16.7. The Morgan fingerprint density at radius 2 is 1.58 bits per heavy atom. The number of carbonyl (C=O) groups is 7. The Balaban J connectivity index is 1.29. The Kier molecular flexibility index (Phi) is 12.9. The number of aliphatic carboxylic acids is 1. The summed E-state index contributed by atoms with van der Waals surface area (Å²) < 4.78 is 5.50. The van der Waals surface area contributed by atoms with Gasteiger partial charge in [0.25, 0.3) is 0 Å². The van der Waals surface area contributed by atoms with E-state index in [9.17, 15) is 38.7 Å². The van der Waals surface area contributed by atoms with Gasteiger partial charge in [-0.15, -0.1) is 0 Å². The molecular formula is C35H44N6O9. The maximum atomic E-state index is 13.3. The predicted octanol–water partition coefficient (Wildman–Crippen LogP) is 0.998. The first kappa shape index (κ1) is 37.4. The highest BCUT2D eigenvalue weighted by molar-refractivity contribution is 5.95. The van der Waals surface area contributed by atoms with Crippen LogP contribution in [0.3, 0.4) is 0 Å². The molecule has 0 spiro atoms. The standard InChI is InChI=1S/C35H44N6O9/c1-3-20(2)31(34(47)48)40-29(43)17-37-32(45)26(14-15-28(36)42)39-33(46)27-13-8-16-41(27)30(44)18-38-35(49)50-19-25-23-11-6-4-9-21(23)22-10-5-7-12-24(22)25/h4-7,9-12,20,25-27,31H,3,8,13-19H2,1-2H3,(H2,36,42)(H,37,45)(H,38,49)(H,39,46)(H,40,43)(H,47,48)/t20-,26-,27-,31-/m0/s1. The van der Waals surface area contributed by atoms with Crippen LogP contribution in [0, 0.1) is 5.92 Å². The van der Waals surface area contributed by atoms with Crippen LogP contribution in [0.2, 0.25) is 0 Å². The van der Waals surface area contributed by atoms with Gasteiger partial charge >= 0.3 is 12.1 Å². The van der Waals surface area contributed by atoms with Crippen molar-refractivity contribution in [3.8, 4) is 11.1 Å². The molecule has 1 fully saturated rings. The van der Waals surface area contributed by atoms with Crippen LogP contribution in [0.25, 0.3) is 11.1 Å². The molecular weight excluding hydrogens is 648 g/mol. The number of amides is 6. The molecule has 1 heterocycles. The van der Waals surface area contributed by atoms with Crippen LogP contribution in [0.4, 0.5) is 4.79 Å². The molecule has 1 saturated heterocycles. The number of likely N-dealkylation sites (tertiary alicyclic amines) is 1. The first-order chi connectivity index (χ1) is 23.9. The van der Waals surface area contributed by atoms with Gasteiger partial charge in [-0.25, -0.2) is 9.59 Å². The molecule has 4 atom stereocenters. The Morgan fingerprint density at radius 3 is 2.18 bits per heavy atom. The van der Waals surface area contributed by atoms with Gasteiger partial charge in [0.2, 0.25) is 29.5 Å². The lowest BCUT2D eigenvalue weighted by Gasteiger charge is -2.26. The number of rotatable bonds is 16. The zero-order valence-electron chi connectivity index (χ0n) is 28.1. The fourth-order valence-corrected chi connectivity index (χ4v) is 6.26. The first-order valence-corrected chi connectivity index (χ1v) is 16.7. The van der Waals surface area contributed by atoms with Gasteiger partial charge in [0.05, 0.1) is 6.54 Å². The van der Waals surface area contributed by atoms with Gasteiger partial charge in [0.1, 0.15) is 31.3 Å². The average Bonchev–Trinajstić information content (AvgIpc) is 3.72. The van der Waals surface area contributed by atoms with E-state index in [2.05, 4.69) is 21.3 Å². The van der Waals surface area contributed by atoms with Crippen molar-refractivity contribution < 1.29 is 43.4 Å². The van der Waals surface area contributed by atoms with Gasteiger partial charge in [-0.2, -0.15) is 0 Å². The molecule has 0 bridgehead atoms. The van der Waals surface area contributed by atoms with Crippen LogP contribution in [0.5, 0.6) is 0 Å². The Hall–Kier alpha value is -5.47. The number of nitrogens with one attached hydrogen (secondary N) is 4. The second-order valence-electron chi connectivity index (χ2n) is 12.5. The number of primary amides is 1. The summed E-state index contributed by atoms with van der Waals surface area (Å²) in [6, 6.07) is 12.4. The van der Waals surface area contributed by atoms with Gasteiger partial charge in [0, 0.05) is 18.9 Å². The van der Waals surface area contributed by atoms with Crippen LogP contribution in [-0.2, 0) is 33.5 Å². The normalized spacial score (nSPS) is 16.6. The monoisotopic (exact) mass is 692 g/mol. The lowest BCUT2D eigenvalue weighted by Crippen LogP contribution is -2.55. The summed E-state index contributed by atoms with van der Waals surface area (Å²) >= 11 is 0. The van der Waals surface area contributed by atoms with Crippen molar-refractivity contribution in [3.05, 3.63) is 59.7 Å². The van der Waals surface area contributed by atoms with Gasteiger partial charge < -0.3 is 41.7 Å². The number of benzene rings is 2. The van der Waals surface area contributed by atoms with Crippen molar-refractivity contribution in [2.45, 2.75) is 70.0 Å². The van der Waals surface area contributed by atoms with Crippen molar-refractivity contribution in [1.29, 1.82) is 0 Å². The van der Waals surface area contributed by atoms with Crippen molar-refractivity contribution in [1.82, 2.24) is 26.2 Å². The van der Waals surface area contributed by atoms with E-state index in [4.69, 9.17) is 10.5 Å². The Bertz CT molecular complexity index is 1570. The fraction of sp³-hybridized carbons (Fsp3) is 0.457. The van der Waals surface area contributed by atoms with Crippen molar-refractivity contribution in [2.75, 3.05) is 26.2 Å². The third-order valence-corrected chi connectivity index (χ3v) is 9.13. The number of nitrogens with zero attached hydrogens (tertiary/aromatic N) is 1. The number of ether oxygens (including phenoxy) is 1. The SMILES string of the molecule is CC[C@H](C)[C@H](NC(=O)CNC(=O)[C@H](CCC(N)=O)NC(=O)[C@@H]1CCCN1C(=O)CNC(=O)OCC1c2ccccc2-c2ccccc21)C(=O)O. The van der Waals surface area contributed by atoms with E-state index in [1.165, 1.54) is 4.90 Å². The minimum absolute atomic E-state index is 0.0667. The molecule has 6 amide bonds. The van der Waals surface area contributed by atoms with E-state index in [0.717, 1.165) is 22.3 Å². The number of alkyl carbamates (subject to hydrolysis) is 1. The van der Waals surface area contributed by atoms with E-state index in [-0.39, 0.29) is 37.8 Å². The van der Waals surface area contributed by atoms with Crippen LogP contribution in [0.1, 0.15) is 63.0 Å². The summed E-state index contributed by atoms with van der Waals surface area (Å²) in [6.45, 7) is 2.76. The lowest BCUT2D eigenvalue weighted by molar-refractivity contribution is -0.143. The number of carboxylic acid groups (broad SMARTS) is 1. The van der Waals surface area contributed by atoms with E-state index < -0.39 is 72.8 Å². The van der Waals surface area contributed by atoms with Crippen molar-refractivity contribution in [3.63, 3.8) is 0 Å². The second kappa shape index (κ2) is 17.3. The topological polar surface area (TPSA) is 226 Å². The third kappa shape index (κ3) is 9.36. The van der Waals surface area contributed by atoms with Crippen LogP contribution in [-0.4, -0.2) is 96.0 Å². The number of nitrogens with two attached hydrogens (primary N) is 1. The van der Waals surface area contributed by atoms with Crippen molar-refractivity contribution >= 4 is 41.6 Å². The highest BCUT2D eigenvalue weighted by Gasteiger charge is 2.36. The quantitative estimate of drug-likeness (QED) is 0.147. The zero-order valence-corrected chi connectivity index (χ0v) is 28.1. The van der Waals surface area contributed by atoms with E-state index in [0.29, 0.717) is 19.3 Å². The molecule has 15 nitrogen and oxygen atoms in total. The van der Waals surface area contributed by atoms with Crippen LogP contribution >= 0.6 is 0 Å². The molecule has 2 aromatic rings. The van der Waals surface area contributed by atoms with Gasteiger partial charge in [0.15, 0.2) is 0 Å². The molecule has 50 heavy (non-hydrogen) atoms. The molecule has 4 rings (SSSR count). The van der Waals surface area contributed by atoms with E-state index >= 15 is 0 Å². The molecule has 2 aromatic carbocycles. The molecule has 1 aliphatic heterocycles. The molecule has 1 aliphatic carbocycles. The highest BCUT2D eigenvalue weighted by atomic mass is 16.5. The van der Waals surface area contributed by atoms with Gasteiger partial charge in [-0.05, 0) is 47.4 Å². The van der Waals surface area contributed by atoms with Crippen LogP contribution < -0.4 is 27.0 Å². The Labute approximate surface area is 289 Å². The van der Waals surface area contributed by atoms with E-state index in [1.807, 2.05) is 48.5 Å². The summed E-state index contributed by atoms with van der Waals surface area (Å²) in [5.74, 6) is -5.18. The Morgan fingerprint density at radius 1 is 0.940 bits per heavy atom. The molecule has 2 aliphatic rings. The fourth-order valence-electron chi connectivity index (χ4n) is 6.26. The van der Waals surface area contributed by atoms with E-state index in [1.54, 1.807) is 13.8 Å². The largest absolute Gasteiger partial charge is 0.480 e. The summed E-state index contributed by atoms with van der Waals surface area (Å²) in [4.78, 5) is 88.8. The molecule has 0 unspecified atom stereocenters. The molecule has 0 aromatic heterocycles. The van der Waals surface area contributed by atoms with Crippen LogP contribution in [0.15, 0.2) is 48.5 Å². The highest BCUT2D eigenvalue weighted by Crippen LogP contribution is 2.44. The minimum atomic E-state index is -1.27. The number of hydrogen-bond donors (Lipinski definition) is 6. The van der Waals surface area contributed by atoms with Crippen molar-refractivity contribution in [2.24, 2.45) is 11.7 Å². The molecule has 0 saturated carbocycles. The summed E-state index contributed by atoms with van der Waals surface area (Å²) in [7, 11) is 0. The van der Waals surface area contributed by atoms with Gasteiger partial charge in [-0.3, -0.25) is 24.0 Å². The number of hydrogen-bond acceptors (Lipinski definition) is 8. The summed E-state index contributed by atoms with van der Waals surface area (Å²) in [5.41, 5.74) is 9.51.